The van der Waals surface area contributed by atoms with Crippen molar-refractivity contribution in [2.45, 2.75) is 18.3 Å². The predicted molar refractivity (Wildman–Crippen MR) is 52.3 cm³/mol. The molecule has 0 unspecified atom stereocenters. The highest BCUT2D eigenvalue weighted by molar-refractivity contribution is 9.09. The van der Waals surface area contributed by atoms with Gasteiger partial charge in [-0.15, -0.1) is 0 Å². The minimum atomic E-state index is -3.65. The monoisotopic (exact) mass is 318 g/mol. The third-order valence-electron chi connectivity index (χ3n) is 1.70. The van der Waals surface area contributed by atoms with Crippen LogP contribution >= 0.6 is 15.9 Å². The van der Waals surface area contributed by atoms with Crippen molar-refractivity contribution in [3.63, 3.8) is 0 Å². The average molecular weight is 319 g/mol. The lowest BCUT2D eigenvalue weighted by Gasteiger charge is -2.06. The zero-order chi connectivity index (χ0) is 13.2. The van der Waals surface area contributed by atoms with Crippen LogP contribution in [-0.4, -0.2) is 22.4 Å². The van der Waals surface area contributed by atoms with E-state index in [2.05, 4.69) is 9.84 Å². The van der Waals surface area contributed by atoms with Gasteiger partial charge in [0.1, 0.15) is 11.3 Å². The van der Waals surface area contributed by atoms with Crippen LogP contribution in [0.1, 0.15) is 29.4 Å². The molecule has 0 spiro atoms. The van der Waals surface area contributed by atoms with E-state index in [1.54, 1.807) is 0 Å². The molecule has 1 aromatic rings. The fourth-order valence-corrected chi connectivity index (χ4v) is 1.23. The smallest absolute Gasteiger partial charge is 0.401 e. The molecule has 0 radical (unpaired) electrons. The Kier molecular flexibility index (Phi) is 4.12. The number of aromatic nitrogens is 2. The van der Waals surface area contributed by atoms with Gasteiger partial charge in [-0.05, 0) is 6.92 Å². The van der Waals surface area contributed by atoms with E-state index in [4.69, 9.17) is 0 Å². The quantitative estimate of drug-likeness (QED) is 0.487. The number of halogens is 5. The molecule has 0 aromatic carbocycles. The Morgan fingerprint density at radius 1 is 1.65 bits per heavy atom. The van der Waals surface area contributed by atoms with Crippen molar-refractivity contribution in [1.29, 1.82) is 0 Å². The lowest BCUT2D eigenvalue weighted by Crippen LogP contribution is -2.15. The number of hydrogen-bond acceptors (Lipinski definition) is 3. The summed E-state index contributed by atoms with van der Waals surface area (Å²) in [7, 11) is 0. The van der Waals surface area contributed by atoms with Crippen LogP contribution in [0.4, 0.5) is 17.6 Å². The lowest BCUT2D eigenvalue weighted by molar-refractivity contribution is 0.0180. The number of carbonyl (C=O) groups is 1. The molecule has 0 atom stereocenters. The predicted octanol–water partition coefficient (Wildman–Crippen LogP) is 2.90. The highest BCUT2D eigenvalue weighted by Crippen LogP contribution is 2.31. The molecule has 0 aliphatic rings. The first-order valence-corrected chi connectivity index (χ1v) is 5.18. The Hall–Kier alpha value is -1.12. The summed E-state index contributed by atoms with van der Waals surface area (Å²) in [4.78, 5) is 7.59. The van der Waals surface area contributed by atoms with E-state index in [0.717, 1.165) is 0 Å². The topological polar surface area (TPSA) is 44.1 Å². The van der Waals surface area contributed by atoms with Crippen LogP contribution in [-0.2, 0) is 9.69 Å². The maximum absolute atomic E-state index is 12.8. The van der Waals surface area contributed by atoms with Crippen molar-refractivity contribution in [3.8, 4) is 0 Å². The fourth-order valence-electron chi connectivity index (χ4n) is 1.04. The normalized spacial score (nSPS) is 11.9. The first-order valence-electron chi connectivity index (χ1n) is 4.39. The van der Waals surface area contributed by atoms with Gasteiger partial charge < -0.3 is 4.74 Å². The van der Waals surface area contributed by atoms with Gasteiger partial charge in [-0.25, -0.2) is 13.6 Å². The molecular weight excluding hydrogens is 312 g/mol. The fraction of sp³-hybridized carbons (Fsp3) is 0.500. The summed E-state index contributed by atoms with van der Waals surface area (Å²) in [6.07, 6.45) is -2.64. The van der Waals surface area contributed by atoms with Crippen LogP contribution in [0.2, 0.25) is 0 Å². The Balaban J connectivity index is 3.19. The second-order valence-electron chi connectivity index (χ2n) is 2.86. The van der Waals surface area contributed by atoms with E-state index >= 15 is 0 Å². The van der Waals surface area contributed by atoms with Gasteiger partial charge in [-0.1, -0.05) is 0 Å². The molecule has 0 aliphatic heterocycles. The number of rotatable bonds is 4. The number of nitrogens with zero attached hydrogens (tertiary/aromatic N) is 2. The van der Waals surface area contributed by atoms with Crippen molar-refractivity contribution < 1.29 is 27.1 Å². The first kappa shape index (κ1) is 13.9. The lowest BCUT2D eigenvalue weighted by atomic mass is 10.2. The van der Waals surface area contributed by atoms with Crippen molar-refractivity contribution in [1.82, 2.24) is 9.78 Å². The second-order valence-corrected chi connectivity index (χ2v) is 3.82. The molecule has 1 aromatic heterocycles. The summed E-state index contributed by atoms with van der Waals surface area (Å²) in [5, 5.41) is 2.95. The SMILES string of the molecule is CCOC(=O)c1cn(C(F)(F)Br)nc1C(F)F. The zero-order valence-electron chi connectivity index (χ0n) is 8.46. The molecule has 0 amide bonds. The molecular formula is C8H7BrF4N2O2. The molecule has 17 heavy (non-hydrogen) atoms. The van der Waals surface area contributed by atoms with E-state index in [1.807, 2.05) is 15.9 Å². The van der Waals surface area contributed by atoms with Crippen LogP contribution in [0.25, 0.3) is 0 Å². The standard InChI is InChI=1S/C8H7BrF4N2O2/c1-2-17-7(16)4-3-15(8(9,12)13)14-5(4)6(10)11/h3,6H,2H2,1H3. The molecule has 1 heterocycles. The summed E-state index contributed by atoms with van der Waals surface area (Å²) in [5.74, 6) is -1.12. The summed E-state index contributed by atoms with van der Waals surface area (Å²) < 4.78 is 54.9. The van der Waals surface area contributed by atoms with E-state index in [9.17, 15) is 22.4 Å². The highest BCUT2D eigenvalue weighted by Gasteiger charge is 2.33. The van der Waals surface area contributed by atoms with Gasteiger partial charge in [-0.3, -0.25) is 0 Å². The number of ether oxygens (including phenoxy) is 1. The summed E-state index contributed by atoms with van der Waals surface area (Å²) >= 11 is 1.94. The second kappa shape index (κ2) is 5.03. The zero-order valence-corrected chi connectivity index (χ0v) is 10.0. The molecule has 0 saturated heterocycles. The summed E-state index contributed by atoms with van der Waals surface area (Å²) in [5.41, 5.74) is -1.72. The number of carbonyl (C=O) groups excluding carboxylic acids is 1. The Morgan fingerprint density at radius 3 is 2.65 bits per heavy atom. The minimum Gasteiger partial charge on any atom is -0.462 e. The minimum absolute atomic E-state index is 0.0581. The molecule has 96 valence electrons. The van der Waals surface area contributed by atoms with Crippen molar-refractivity contribution in [2.24, 2.45) is 0 Å². The van der Waals surface area contributed by atoms with Gasteiger partial charge in [0.05, 0.1) is 6.61 Å². The van der Waals surface area contributed by atoms with Crippen LogP contribution < -0.4 is 0 Å². The molecule has 0 fully saturated rings. The molecule has 0 saturated carbocycles. The van der Waals surface area contributed by atoms with E-state index in [1.165, 1.54) is 6.92 Å². The summed E-state index contributed by atoms with van der Waals surface area (Å²) in [6.45, 7) is 1.40. The van der Waals surface area contributed by atoms with Crippen LogP contribution in [0.5, 0.6) is 0 Å². The average Bonchev–Trinajstić information content (AvgIpc) is 2.61. The first-order chi connectivity index (χ1) is 7.77. The third-order valence-corrected chi connectivity index (χ3v) is 2.07. The summed E-state index contributed by atoms with van der Waals surface area (Å²) in [6, 6.07) is 0. The van der Waals surface area contributed by atoms with Crippen molar-refractivity contribution in [3.05, 3.63) is 17.5 Å². The molecule has 0 bridgehead atoms. The van der Waals surface area contributed by atoms with E-state index in [0.29, 0.717) is 6.20 Å². The van der Waals surface area contributed by atoms with Gasteiger partial charge in [0, 0.05) is 22.1 Å². The maximum Gasteiger partial charge on any atom is 0.401 e. The van der Waals surface area contributed by atoms with E-state index < -0.39 is 28.6 Å². The van der Waals surface area contributed by atoms with Crippen LogP contribution in [0.3, 0.4) is 0 Å². The van der Waals surface area contributed by atoms with E-state index in [-0.39, 0.29) is 11.3 Å². The largest absolute Gasteiger partial charge is 0.462 e. The molecule has 0 N–H and O–H groups in total. The Labute approximate surface area is 102 Å². The number of hydrogen-bond donors (Lipinski definition) is 0. The molecule has 0 aliphatic carbocycles. The van der Waals surface area contributed by atoms with Gasteiger partial charge in [0.25, 0.3) is 6.43 Å². The van der Waals surface area contributed by atoms with Gasteiger partial charge in [-0.2, -0.15) is 18.6 Å². The van der Waals surface area contributed by atoms with Gasteiger partial charge in [0.15, 0.2) is 0 Å². The Bertz CT molecular complexity index is 416. The molecule has 1 rings (SSSR count). The van der Waals surface area contributed by atoms with Crippen molar-refractivity contribution >= 4 is 21.9 Å². The van der Waals surface area contributed by atoms with Crippen LogP contribution in [0, 0.1) is 0 Å². The number of alkyl halides is 5. The third kappa shape index (κ3) is 3.18. The Morgan fingerprint density at radius 2 is 2.24 bits per heavy atom. The number of esters is 1. The molecule has 4 nitrogen and oxygen atoms in total. The van der Waals surface area contributed by atoms with Gasteiger partial charge in [0.2, 0.25) is 0 Å². The van der Waals surface area contributed by atoms with Crippen molar-refractivity contribution in [2.75, 3.05) is 6.61 Å². The maximum atomic E-state index is 12.8. The van der Waals surface area contributed by atoms with Gasteiger partial charge >= 0.3 is 10.9 Å². The van der Waals surface area contributed by atoms with Crippen LogP contribution in [0.15, 0.2) is 6.20 Å². The highest BCUT2D eigenvalue weighted by atomic mass is 79.9. The molecule has 9 heteroatoms.